The lowest BCUT2D eigenvalue weighted by Gasteiger charge is -2.34. The summed E-state index contributed by atoms with van der Waals surface area (Å²) in [5.74, 6) is 3.54. The Bertz CT molecular complexity index is 1120. The van der Waals surface area contributed by atoms with Gasteiger partial charge in [0.05, 0.1) is 24.5 Å². The molecule has 2 heterocycles. The van der Waals surface area contributed by atoms with Crippen molar-refractivity contribution in [3.8, 4) is 23.0 Å². The fourth-order valence-electron chi connectivity index (χ4n) is 4.25. The van der Waals surface area contributed by atoms with E-state index in [1.165, 1.54) is 19.8 Å². The van der Waals surface area contributed by atoms with Crippen molar-refractivity contribution in [2.75, 3.05) is 6.61 Å². The molecular weight excluding hydrogens is 416 g/mol. The number of amides is 1. The molecule has 170 valence electrons. The van der Waals surface area contributed by atoms with E-state index in [9.17, 15) is 4.79 Å². The number of aromatic nitrogens is 1. The minimum Gasteiger partial charge on any atom is -0.493 e. The maximum atomic E-state index is 11.8. The second-order valence-corrected chi connectivity index (χ2v) is 8.91. The Hall–Kier alpha value is -3.54. The van der Waals surface area contributed by atoms with Gasteiger partial charge in [0.25, 0.3) is 0 Å². The van der Waals surface area contributed by atoms with E-state index in [1.807, 2.05) is 67.6 Å². The van der Waals surface area contributed by atoms with E-state index in [0.717, 1.165) is 29.4 Å². The van der Waals surface area contributed by atoms with Crippen LogP contribution in [-0.4, -0.2) is 23.5 Å². The summed E-state index contributed by atoms with van der Waals surface area (Å²) in [6, 6.07) is 19.1. The molecule has 2 aromatic carbocycles. The zero-order chi connectivity index (χ0) is 22.8. The Morgan fingerprint density at radius 2 is 1.94 bits per heavy atom. The van der Waals surface area contributed by atoms with Gasteiger partial charge in [-0.1, -0.05) is 24.3 Å². The van der Waals surface area contributed by atoms with Crippen LogP contribution in [0.5, 0.6) is 23.0 Å². The highest BCUT2D eigenvalue weighted by Crippen LogP contribution is 2.43. The van der Waals surface area contributed by atoms with Crippen molar-refractivity contribution >= 4 is 5.91 Å². The molecule has 0 bridgehead atoms. The van der Waals surface area contributed by atoms with Gasteiger partial charge in [-0.15, -0.1) is 0 Å². The summed E-state index contributed by atoms with van der Waals surface area (Å²) >= 11 is 0. The molecule has 0 spiro atoms. The van der Waals surface area contributed by atoms with Crippen molar-refractivity contribution in [2.45, 2.75) is 44.8 Å². The molecule has 1 aliphatic carbocycles. The van der Waals surface area contributed by atoms with E-state index in [0.29, 0.717) is 23.8 Å². The molecule has 1 aromatic heterocycles. The minimum absolute atomic E-state index is 0.106. The van der Waals surface area contributed by atoms with Gasteiger partial charge in [0.15, 0.2) is 5.60 Å². The van der Waals surface area contributed by atoms with Crippen LogP contribution in [0.4, 0.5) is 0 Å². The Morgan fingerprint density at radius 1 is 1.12 bits per heavy atom. The number of benzene rings is 2. The number of hydrogen-bond acceptors (Lipinski definition) is 5. The molecule has 1 amide bonds. The van der Waals surface area contributed by atoms with Gasteiger partial charge in [-0.2, -0.15) is 0 Å². The lowest BCUT2D eigenvalue weighted by molar-refractivity contribution is -0.121. The summed E-state index contributed by atoms with van der Waals surface area (Å²) in [5.41, 5.74) is 1.05. The summed E-state index contributed by atoms with van der Waals surface area (Å²) in [7, 11) is 0. The maximum Gasteiger partial charge on any atom is 0.217 e. The Kier molecular flexibility index (Phi) is 5.67. The van der Waals surface area contributed by atoms with E-state index in [1.54, 1.807) is 6.20 Å². The molecule has 2 unspecified atom stereocenters. The second-order valence-electron chi connectivity index (χ2n) is 8.91. The fraction of sp³-hybridized carbons (Fsp3) is 0.333. The van der Waals surface area contributed by atoms with E-state index in [2.05, 4.69) is 5.32 Å². The van der Waals surface area contributed by atoms with Gasteiger partial charge < -0.3 is 19.5 Å². The van der Waals surface area contributed by atoms with Crippen LogP contribution < -0.4 is 19.5 Å². The SMILES string of the molecule is CC(=O)NC(C)C1(c2ccc(Oc3cccc(OCC4CC4)c3)cn2)Cc2ccccc2O1. The van der Waals surface area contributed by atoms with Crippen LogP contribution in [-0.2, 0) is 16.8 Å². The van der Waals surface area contributed by atoms with E-state index in [4.69, 9.17) is 19.2 Å². The predicted octanol–water partition coefficient (Wildman–Crippen LogP) is 5.02. The number of hydrogen-bond donors (Lipinski definition) is 1. The van der Waals surface area contributed by atoms with Gasteiger partial charge >= 0.3 is 0 Å². The van der Waals surface area contributed by atoms with Crippen LogP contribution in [0, 0.1) is 5.92 Å². The lowest BCUT2D eigenvalue weighted by Crippen LogP contribution is -2.51. The maximum absolute atomic E-state index is 11.8. The zero-order valence-corrected chi connectivity index (χ0v) is 18.9. The van der Waals surface area contributed by atoms with Gasteiger partial charge in [0.1, 0.15) is 23.0 Å². The summed E-state index contributed by atoms with van der Waals surface area (Å²) in [6.07, 6.45) is 4.83. The van der Waals surface area contributed by atoms with Crippen LogP contribution in [0.25, 0.3) is 0 Å². The van der Waals surface area contributed by atoms with Crippen LogP contribution in [0.15, 0.2) is 66.9 Å². The molecule has 6 heteroatoms. The van der Waals surface area contributed by atoms with Crippen molar-refractivity contribution in [3.05, 3.63) is 78.1 Å². The molecule has 1 fully saturated rings. The highest BCUT2D eigenvalue weighted by atomic mass is 16.5. The number of nitrogens with one attached hydrogen (secondary N) is 1. The van der Waals surface area contributed by atoms with Crippen molar-refractivity contribution in [1.82, 2.24) is 10.3 Å². The van der Waals surface area contributed by atoms with Crippen molar-refractivity contribution in [3.63, 3.8) is 0 Å². The number of carbonyl (C=O) groups excluding carboxylic acids is 1. The predicted molar refractivity (Wildman–Crippen MR) is 125 cm³/mol. The first-order valence-electron chi connectivity index (χ1n) is 11.4. The first-order chi connectivity index (χ1) is 16.0. The molecule has 0 saturated heterocycles. The van der Waals surface area contributed by atoms with Crippen LogP contribution in [0.2, 0.25) is 0 Å². The van der Waals surface area contributed by atoms with E-state index in [-0.39, 0.29) is 11.9 Å². The second kappa shape index (κ2) is 8.77. The number of pyridine rings is 1. The smallest absolute Gasteiger partial charge is 0.217 e. The molecule has 1 saturated carbocycles. The average Bonchev–Trinajstić information content (AvgIpc) is 3.55. The van der Waals surface area contributed by atoms with Crippen LogP contribution >= 0.6 is 0 Å². The third-order valence-corrected chi connectivity index (χ3v) is 6.23. The Morgan fingerprint density at radius 3 is 2.67 bits per heavy atom. The quantitative estimate of drug-likeness (QED) is 0.528. The van der Waals surface area contributed by atoms with Gasteiger partial charge in [-0.3, -0.25) is 9.78 Å². The van der Waals surface area contributed by atoms with Crippen LogP contribution in [0.1, 0.15) is 37.9 Å². The molecule has 33 heavy (non-hydrogen) atoms. The molecule has 1 aliphatic heterocycles. The highest BCUT2D eigenvalue weighted by molar-refractivity contribution is 5.73. The van der Waals surface area contributed by atoms with E-state index < -0.39 is 5.60 Å². The normalized spacial score (nSPS) is 19.8. The standard InChI is InChI=1S/C27H28N2O4/c1-18(29-19(2)30)27(15-21-6-3-4-9-25(21)33-27)26-13-12-24(16-28-26)32-23-8-5-7-22(14-23)31-17-20-10-11-20/h3-9,12-14,16,18,20H,10-11,15,17H2,1-2H3,(H,29,30). The molecule has 2 aliphatic rings. The minimum atomic E-state index is -0.787. The van der Waals surface area contributed by atoms with Crippen LogP contribution in [0.3, 0.4) is 0 Å². The zero-order valence-electron chi connectivity index (χ0n) is 18.9. The first-order valence-corrected chi connectivity index (χ1v) is 11.4. The van der Waals surface area contributed by atoms with Crippen molar-refractivity contribution in [2.24, 2.45) is 5.92 Å². The average molecular weight is 445 g/mol. The largest absolute Gasteiger partial charge is 0.493 e. The summed E-state index contributed by atoms with van der Waals surface area (Å²) in [5, 5.41) is 2.99. The molecule has 1 N–H and O–H groups in total. The Labute approximate surface area is 193 Å². The topological polar surface area (TPSA) is 69.7 Å². The number of fused-ring (bicyclic) bond motifs is 1. The number of nitrogens with zero attached hydrogens (tertiary/aromatic N) is 1. The number of ether oxygens (including phenoxy) is 3. The monoisotopic (exact) mass is 444 g/mol. The molecule has 5 rings (SSSR count). The summed E-state index contributed by atoms with van der Waals surface area (Å²) < 4.78 is 18.3. The molecule has 6 nitrogen and oxygen atoms in total. The lowest BCUT2D eigenvalue weighted by atomic mass is 9.86. The molecular formula is C27H28N2O4. The van der Waals surface area contributed by atoms with Gasteiger partial charge in [0, 0.05) is 19.4 Å². The highest BCUT2D eigenvalue weighted by Gasteiger charge is 2.47. The summed E-state index contributed by atoms with van der Waals surface area (Å²) in [6.45, 7) is 4.22. The Balaban J connectivity index is 1.35. The molecule has 2 atom stereocenters. The molecule has 0 radical (unpaired) electrons. The first kappa shape index (κ1) is 21.3. The van der Waals surface area contributed by atoms with Crippen molar-refractivity contribution in [1.29, 1.82) is 0 Å². The number of carbonyl (C=O) groups is 1. The van der Waals surface area contributed by atoms with Gasteiger partial charge in [0.2, 0.25) is 5.91 Å². The van der Waals surface area contributed by atoms with Crippen molar-refractivity contribution < 1.29 is 19.0 Å². The fourth-order valence-corrected chi connectivity index (χ4v) is 4.25. The van der Waals surface area contributed by atoms with E-state index >= 15 is 0 Å². The third kappa shape index (κ3) is 4.65. The van der Waals surface area contributed by atoms with Gasteiger partial charge in [-0.25, -0.2) is 0 Å². The number of para-hydroxylation sites is 1. The molecule has 3 aromatic rings. The van der Waals surface area contributed by atoms with Gasteiger partial charge in [-0.05, 0) is 61.6 Å². The third-order valence-electron chi connectivity index (χ3n) is 6.23. The summed E-state index contributed by atoms with van der Waals surface area (Å²) in [4.78, 5) is 16.5. The number of rotatable bonds is 8.